The lowest BCUT2D eigenvalue weighted by Crippen LogP contribution is -2.51. The molecule has 2 atom stereocenters. The van der Waals surface area contributed by atoms with Gasteiger partial charge >= 0.3 is 0 Å². The van der Waals surface area contributed by atoms with Crippen molar-refractivity contribution >= 4 is 21.6 Å². The highest BCUT2D eigenvalue weighted by Crippen LogP contribution is 2.36. The van der Waals surface area contributed by atoms with Crippen LogP contribution in [0.4, 0.5) is 5.69 Å². The molecule has 2 aromatic rings. The number of amides is 1. The van der Waals surface area contributed by atoms with Crippen LogP contribution in [-0.4, -0.2) is 45.9 Å². The molecule has 0 unspecified atom stereocenters. The molecule has 2 aromatic carbocycles. The van der Waals surface area contributed by atoms with Crippen molar-refractivity contribution in [1.29, 1.82) is 0 Å². The number of para-hydroxylation sites is 2. The Balaban J connectivity index is 1.52. The zero-order valence-electron chi connectivity index (χ0n) is 16.8. The van der Waals surface area contributed by atoms with E-state index in [0.717, 1.165) is 5.56 Å². The van der Waals surface area contributed by atoms with E-state index in [4.69, 9.17) is 14.2 Å². The molecule has 8 nitrogen and oxygen atoms in total. The minimum Gasteiger partial charge on any atom is -0.486 e. The number of ether oxygens (including phenoxy) is 3. The Morgan fingerprint density at radius 1 is 1.13 bits per heavy atom. The topological polar surface area (TPSA) is 94.2 Å². The lowest BCUT2D eigenvalue weighted by molar-refractivity contribution is -0.128. The molecule has 0 bridgehead atoms. The fourth-order valence-electron chi connectivity index (χ4n) is 3.48. The molecule has 30 heavy (non-hydrogen) atoms. The van der Waals surface area contributed by atoms with Crippen LogP contribution >= 0.6 is 0 Å². The van der Waals surface area contributed by atoms with E-state index < -0.39 is 16.1 Å². The Morgan fingerprint density at radius 3 is 2.63 bits per heavy atom. The second-order valence-corrected chi connectivity index (χ2v) is 9.32. The predicted octanol–water partition coefficient (Wildman–Crippen LogP) is 2.25. The van der Waals surface area contributed by atoms with E-state index in [9.17, 15) is 13.2 Å². The number of rotatable bonds is 5. The van der Waals surface area contributed by atoms with E-state index in [1.807, 2.05) is 25.1 Å². The highest BCUT2D eigenvalue weighted by Gasteiger charge is 2.36. The van der Waals surface area contributed by atoms with Crippen molar-refractivity contribution in [2.24, 2.45) is 0 Å². The summed E-state index contributed by atoms with van der Waals surface area (Å²) in [6.45, 7) is 4.34. The Labute approximate surface area is 175 Å². The molecule has 160 valence electrons. The molecule has 0 saturated heterocycles. The summed E-state index contributed by atoms with van der Waals surface area (Å²) in [6, 6.07) is 12.0. The maximum atomic E-state index is 12.9. The number of benzene rings is 2. The maximum absolute atomic E-state index is 12.9. The maximum Gasteiger partial charge on any atom is 0.263 e. The van der Waals surface area contributed by atoms with Gasteiger partial charge in [0, 0.05) is 0 Å². The first-order chi connectivity index (χ1) is 14.4. The standard InChI is InChI=1S/C21H24N2O6S/c1-3-30(25,26)23-13-20(29-17-7-5-4-6-16(17)23)21(24)22-14(2)15-8-9-18-19(12-15)28-11-10-27-18/h4-9,12,14,20H,3,10-11,13H2,1-2H3,(H,22,24)/t14-,20+/m1/s1. The number of hydrogen-bond acceptors (Lipinski definition) is 6. The summed E-state index contributed by atoms with van der Waals surface area (Å²) < 4.78 is 43.4. The van der Waals surface area contributed by atoms with E-state index in [-0.39, 0.29) is 24.2 Å². The summed E-state index contributed by atoms with van der Waals surface area (Å²) in [6.07, 6.45) is -0.958. The fraction of sp³-hybridized carbons (Fsp3) is 0.381. The largest absolute Gasteiger partial charge is 0.486 e. The number of carbonyl (C=O) groups is 1. The third-order valence-corrected chi connectivity index (χ3v) is 6.90. The van der Waals surface area contributed by atoms with Crippen LogP contribution in [-0.2, 0) is 14.8 Å². The van der Waals surface area contributed by atoms with Crippen molar-refractivity contribution in [2.75, 3.05) is 29.8 Å². The minimum atomic E-state index is -3.55. The molecule has 0 aliphatic carbocycles. The molecule has 1 N–H and O–H groups in total. The van der Waals surface area contributed by atoms with Gasteiger partial charge in [0.1, 0.15) is 19.0 Å². The average Bonchev–Trinajstić information content (AvgIpc) is 2.77. The van der Waals surface area contributed by atoms with Crippen LogP contribution in [0.5, 0.6) is 17.2 Å². The summed E-state index contributed by atoms with van der Waals surface area (Å²) in [5.41, 5.74) is 1.30. The number of nitrogens with zero attached hydrogens (tertiary/aromatic N) is 1. The van der Waals surface area contributed by atoms with Crippen LogP contribution in [0.25, 0.3) is 0 Å². The van der Waals surface area contributed by atoms with Crippen LogP contribution < -0.4 is 23.8 Å². The number of anilines is 1. The van der Waals surface area contributed by atoms with Gasteiger partial charge in [-0.1, -0.05) is 18.2 Å². The molecule has 0 radical (unpaired) electrons. The zero-order chi connectivity index (χ0) is 21.3. The molecule has 1 amide bonds. The molecule has 0 fully saturated rings. The average molecular weight is 432 g/mol. The zero-order valence-corrected chi connectivity index (χ0v) is 17.6. The normalized spacial score (nSPS) is 18.7. The van der Waals surface area contributed by atoms with E-state index in [0.29, 0.717) is 36.1 Å². The number of carbonyl (C=O) groups excluding carboxylic acids is 1. The summed E-state index contributed by atoms with van der Waals surface area (Å²) in [4.78, 5) is 12.9. The van der Waals surface area contributed by atoms with Gasteiger partial charge in [-0.25, -0.2) is 8.42 Å². The molecule has 0 saturated carbocycles. The molecule has 0 aromatic heterocycles. The Kier molecular flexibility index (Phi) is 5.46. The molecule has 2 aliphatic rings. The molecule has 0 spiro atoms. The molecule has 2 aliphatic heterocycles. The van der Waals surface area contributed by atoms with E-state index in [1.54, 1.807) is 31.2 Å². The van der Waals surface area contributed by atoms with E-state index in [2.05, 4.69) is 5.32 Å². The van der Waals surface area contributed by atoms with Gasteiger partial charge in [0.05, 0.1) is 24.0 Å². The van der Waals surface area contributed by atoms with Gasteiger partial charge in [-0.2, -0.15) is 0 Å². The molecular weight excluding hydrogens is 408 g/mol. The Bertz CT molecular complexity index is 1060. The minimum absolute atomic E-state index is 0.0662. The van der Waals surface area contributed by atoms with Crippen LogP contribution in [0.3, 0.4) is 0 Å². The third-order valence-electron chi connectivity index (χ3n) is 5.15. The van der Waals surface area contributed by atoms with Gasteiger partial charge in [-0.15, -0.1) is 0 Å². The lowest BCUT2D eigenvalue weighted by Gasteiger charge is -2.35. The van der Waals surface area contributed by atoms with Gasteiger partial charge in [0.25, 0.3) is 5.91 Å². The fourth-order valence-corrected chi connectivity index (χ4v) is 4.60. The van der Waals surface area contributed by atoms with Crippen molar-refractivity contribution in [3.05, 3.63) is 48.0 Å². The summed E-state index contributed by atoms with van der Waals surface area (Å²) in [5, 5.41) is 2.91. The quantitative estimate of drug-likeness (QED) is 0.779. The van der Waals surface area contributed by atoms with Gasteiger partial charge in [0.2, 0.25) is 10.0 Å². The number of sulfonamides is 1. The number of nitrogens with one attached hydrogen (secondary N) is 1. The van der Waals surface area contributed by atoms with Crippen LogP contribution in [0, 0.1) is 0 Å². The van der Waals surface area contributed by atoms with Crippen LogP contribution in [0.15, 0.2) is 42.5 Å². The molecule has 2 heterocycles. The predicted molar refractivity (Wildman–Crippen MR) is 112 cm³/mol. The first-order valence-corrected chi connectivity index (χ1v) is 11.5. The van der Waals surface area contributed by atoms with E-state index >= 15 is 0 Å². The van der Waals surface area contributed by atoms with Crippen molar-refractivity contribution in [1.82, 2.24) is 5.32 Å². The van der Waals surface area contributed by atoms with Gasteiger partial charge in [0.15, 0.2) is 17.6 Å². The highest BCUT2D eigenvalue weighted by atomic mass is 32.2. The Morgan fingerprint density at radius 2 is 1.87 bits per heavy atom. The van der Waals surface area contributed by atoms with Crippen molar-refractivity contribution in [3.8, 4) is 17.2 Å². The highest BCUT2D eigenvalue weighted by molar-refractivity contribution is 7.92. The third kappa shape index (κ3) is 3.89. The Hall–Kier alpha value is -2.94. The summed E-state index contributed by atoms with van der Waals surface area (Å²) in [5.74, 6) is 1.23. The van der Waals surface area contributed by atoms with Gasteiger partial charge in [-0.05, 0) is 43.7 Å². The van der Waals surface area contributed by atoms with Crippen molar-refractivity contribution < 1.29 is 27.4 Å². The lowest BCUT2D eigenvalue weighted by atomic mass is 10.1. The smallest absolute Gasteiger partial charge is 0.263 e. The van der Waals surface area contributed by atoms with E-state index in [1.165, 1.54) is 4.31 Å². The first kappa shape index (κ1) is 20.3. The molecule has 9 heteroatoms. The second kappa shape index (κ2) is 8.06. The molecule has 4 rings (SSSR count). The number of fused-ring (bicyclic) bond motifs is 2. The van der Waals surface area contributed by atoms with Crippen LogP contribution in [0.2, 0.25) is 0 Å². The second-order valence-electron chi connectivity index (χ2n) is 7.14. The SMILES string of the molecule is CCS(=O)(=O)N1C[C@@H](C(=O)N[C@H](C)c2ccc3c(c2)OCCO3)Oc2ccccc21. The van der Waals surface area contributed by atoms with Crippen molar-refractivity contribution in [3.63, 3.8) is 0 Å². The van der Waals surface area contributed by atoms with Gasteiger partial charge in [-0.3, -0.25) is 9.10 Å². The summed E-state index contributed by atoms with van der Waals surface area (Å²) >= 11 is 0. The van der Waals surface area contributed by atoms with Gasteiger partial charge < -0.3 is 19.5 Å². The monoisotopic (exact) mass is 432 g/mol. The first-order valence-electron chi connectivity index (χ1n) is 9.85. The van der Waals surface area contributed by atoms with Crippen molar-refractivity contribution in [2.45, 2.75) is 26.0 Å². The summed E-state index contributed by atoms with van der Waals surface area (Å²) in [7, 11) is -3.55. The number of hydrogen-bond donors (Lipinski definition) is 1. The van der Waals surface area contributed by atoms with Crippen LogP contribution in [0.1, 0.15) is 25.5 Å². The molecular formula is C21H24N2O6S.